The van der Waals surface area contributed by atoms with Crippen LogP contribution >= 0.6 is 0 Å². The van der Waals surface area contributed by atoms with Gasteiger partial charge in [-0.1, -0.05) is 24.3 Å². The quantitative estimate of drug-likeness (QED) is 0.787. The van der Waals surface area contributed by atoms with Gasteiger partial charge in [-0.2, -0.15) is 13.2 Å². The number of carbonyl (C=O) groups is 1. The smallest absolute Gasteiger partial charge is 0.408 e. The lowest BCUT2D eigenvalue weighted by molar-refractivity contribution is -0.137. The van der Waals surface area contributed by atoms with Gasteiger partial charge < -0.3 is 9.73 Å². The predicted molar refractivity (Wildman–Crippen MR) is 83.8 cm³/mol. The van der Waals surface area contributed by atoms with Crippen LogP contribution in [0, 0.1) is 0 Å². The zero-order chi connectivity index (χ0) is 18.0. The lowest BCUT2D eigenvalue weighted by Gasteiger charge is -2.10. The largest absolute Gasteiger partial charge is 0.420 e. The first-order chi connectivity index (χ1) is 11.8. The van der Waals surface area contributed by atoms with E-state index in [2.05, 4.69) is 5.32 Å². The second kappa shape index (κ2) is 6.46. The second-order valence-electron chi connectivity index (χ2n) is 5.40. The topological polar surface area (TPSA) is 64.2 Å². The van der Waals surface area contributed by atoms with Gasteiger partial charge in [-0.3, -0.25) is 9.36 Å². The van der Waals surface area contributed by atoms with Crippen molar-refractivity contribution in [3.63, 3.8) is 0 Å². The normalized spacial score (nSPS) is 11.6. The molecule has 25 heavy (non-hydrogen) atoms. The zero-order valence-electron chi connectivity index (χ0n) is 12.8. The van der Waals surface area contributed by atoms with Crippen molar-refractivity contribution in [2.24, 2.45) is 0 Å². The third-order valence-corrected chi connectivity index (χ3v) is 3.62. The summed E-state index contributed by atoms with van der Waals surface area (Å²) in [7, 11) is 0. The van der Waals surface area contributed by atoms with Crippen molar-refractivity contribution in [1.29, 1.82) is 0 Å². The summed E-state index contributed by atoms with van der Waals surface area (Å²) in [6, 6.07) is 11.3. The van der Waals surface area contributed by atoms with Crippen LogP contribution < -0.4 is 11.1 Å². The molecule has 0 saturated heterocycles. The molecule has 1 aromatic heterocycles. The summed E-state index contributed by atoms with van der Waals surface area (Å²) in [5, 5.41) is 2.50. The number of para-hydroxylation sites is 2. The van der Waals surface area contributed by atoms with Gasteiger partial charge in [0.25, 0.3) is 0 Å². The summed E-state index contributed by atoms with van der Waals surface area (Å²) in [6.07, 6.45) is -4.44. The highest BCUT2D eigenvalue weighted by molar-refractivity contribution is 5.79. The summed E-state index contributed by atoms with van der Waals surface area (Å²) >= 11 is 0. The van der Waals surface area contributed by atoms with Crippen LogP contribution in [0.4, 0.5) is 13.2 Å². The molecule has 1 N–H and O–H groups in total. The number of alkyl halides is 3. The van der Waals surface area contributed by atoms with Crippen LogP contribution in [0.1, 0.15) is 11.1 Å². The molecule has 1 heterocycles. The van der Waals surface area contributed by atoms with Gasteiger partial charge >= 0.3 is 11.9 Å². The molecule has 0 saturated carbocycles. The Labute approximate surface area is 139 Å². The number of nitrogens with one attached hydrogen (secondary N) is 1. The van der Waals surface area contributed by atoms with E-state index in [1.165, 1.54) is 12.1 Å². The Morgan fingerprint density at radius 1 is 1.12 bits per heavy atom. The number of rotatable bonds is 4. The summed E-state index contributed by atoms with van der Waals surface area (Å²) < 4.78 is 44.2. The number of hydrogen-bond donors (Lipinski definition) is 1. The van der Waals surface area contributed by atoms with Gasteiger partial charge in [0.05, 0.1) is 11.1 Å². The van der Waals surface area contributed by atoms with Gasteiger partial charge in [0, 0.05) is 6.54 Å². The average molecular weight is 350 g/mol. The van der Waals surface area contributed by atoms with E-state index < -0.39 is 23.4 Å². The van der Waals surface area contributed by atoms with Gasteiger partial charge in [0.15, 0.2) is 5.58 Å². The Hall–Kier alpha value is -3.03. The monoisotopic (exact) mass is 350 g/mol. The number of carbonyl (C=O) groups excluding carboxylic acids is 1. The van der Waals surface area contributed by atoms with E-state index in [4.69, 9.17) is 4.42 Å². The Morgan fingerprint density at radius 3 is 2.64 bits per heavy atom. The minimum Gasteiger partial charge on any atom is -0.408 e. The number of fused-ring (bicyclic) bond motifs is 1. The average Bonchev–Trinajstić information content (AvgIpc) is 2.88. The van der Waals surface area contributed by atoms with Crippen molar-refractivity contribution < 1.29 is 22.4 Å². The number of oxazole rings is 1. The van der Waals surface area contributed by atoms with Crippen LogP contribution in [-0.4, -0.2) is 10.5 Å². The van der Waals surface area contributed by atoms with Crippen LogP contribution in [0.3, 0.4) is 0 Å². The number of halogens is 3. The van der Waals surface area contributed by atoms with Crippen molar-refractivity contribution in [2.45, 2.75) is 19.3 Å². The fraction of sp³-hybridized carbons (Fsp3) is 0.176. The molecule has 0 radical (unpaired) electrons. The standard InChI is InChI=1S/C17H13F3N2O3/c18-17(19,20)12-5-3-4-11(8-12)9-21-15(23)10-22-13-6-1-2-7-14(13)25-16(22)24/h1-8H,9-10H2,(H,21,23). The molecule has 0 atom stereocenters. The number of amides is 1. The van der Waals surface area contributed by atoms with Crippen molar-refractivity contribution >= 4 is 17.0 Å². The summed E-state index contributed by atoms with van der Waals surface area (Å²) in [5.74, 6) is -1.18. The second-order valence-corrected chi connectivity index (χ2v) is 5.40. The molecule has 2 aromatic carbocycles. The van der Waals surface area contributed by atoms with Crippen molar-refractivity contribution in [1.82, 2.24) is 9.88 Å². The predicted octanol–water partition coefficient (Wildman–Crippen LogP) is 2.93. The highest BCUT2D eigenvalue weighted by Crippen LogP contribution is 2.29. The molecule has 0 spiro atoms. The van der Waals surface area contributed by atoms with Crippen LogP contribution in [-0.2, 0) is 24.1 Å². The maximum Gasteiger partial charge on any atom is 0.420 e. The van der Waals surface area contributed by atoms with Gasteiger partial charge in [-0.25, -0.2) is 4.79 Å². The summed E-state index contributed by atoms with van der Waals surface area (Å²) in [6.45, 7) is -0.359. The fourth-order valence-corrected chi connectivity index (χ4v) is 2.42. The maximum absolute atomic E-state index is 12.7. The molecular formula is C17H13F3N2O3. The third kappa shape index (κ3) is 3.73. The molecule has 0 aliphatic carbocycles. The van der Waals surface area contributed by atoms with Crippen LogP contribution in [0.2, 0.25) is 0 Å². The first kappa shape index (κ1) is 16.8. The summed E-state index contributed by atoms with van der Waals surface area (Å²) in [5.41, 5.74) is 0.365. The highest BCUT2D eigenvalue weighted by atomic mass is 19.4. The molecule has 3 aromatic rings. The van der Waals surface area contributed by atoms with E-state index in [1.54, 1.807) is 24.3 Å². The van der Waals surface area contributed by atoms with E-state index in [1.807, 2.05) is 0 Å². The van der Waals surface area contributed by atoms with E-state index in [0.29, 0.717) is 16.7 Å². The third-order valence-electron chi connectivity index (χ3n) is 3.62. The highest BCUT2D eigenvalue weighted by Gasteiger charge is 2.30. The Kier molecular flexibility index (Phi) is 4.35. The maximum atomic E-state index is 12.7. The molecule has 0 unspecified atom stereocenters. The molecule has 0 fully saturated rings. The van der Waals surface area contributed by atoms with Crippen LogP contribution in [0.5, 0.6) is 0 Å². The lowest BCUT2D eigenvalue weighted by atomic mass is 10.1. The zero-order valence-corrected chi connectivity index (χ0v) is 12.8. The number of hydrogen-bond acceptors (Lipinski definition) is 3. The van der Waals surface area contributed by atoms with E-state index >= 15 is 0 Å². The Balaban J connectivity index is 1.69. The van der Waals surface area contributed by atoms with Gasteiger partial charge in [0.2, 0.25) is 5.91 Å². The van der Waals surface area contributed by atoms with Crippen LogP contribution in [0.15, 0.2) is 57.7 Å². The molecule has 8 heteroatoms. The lowest BCUT2D eigenvalue weighted by Crippen LogP contribution is -2.30. The molecule has 0 bridgehead atoms. The van der Waals surface area contributed by atoms with Gasteiger partial charge in [0.1, 0.15) is 6.54 Å². The first-order valence-electron chi connectivity index (χ1n) is 7.36. The number of aromatic nitrogens is 1. The SMILES string of the molecule is O=C(Cn1c(=O)oc2ccccc21)NCc1cccc(C(F)(F)F)c1. The van der Waals surface area contributed by atoms with Crippen molar-refractivity contribution in [3.8, 4) is 0 Å². The number of nitrogens with zero attached hydrogens (tertiary/aromatic N) is 1. The van der Waals surface area contributed by atoms with E-state index in [0.717, 1.165) is 16.7 Å². The Bertz CT molecular complexity index is 973. The summed E-state index contributed by atoms with van der Waals surface area (Å²) in [4.78, 5) is 23.8. The molecule has 3 rings (SSSR count). The van der Waals surface area contributed by atoms with E-state index in [-0.39, 0.29) is 13.1 Å². The molecule has 5 nitrogen and oxygen atoms in total. The number of benzene rings is 2. The minimum atomic E-state index is -4.44. The molecule has 0 aliphatic rings. The van der Waals surface area contributed by atoms with Crippen molar-refractivity contribution in [3.05, 3.63) is 70.2 Å². The molecule has 0 aliphatic heterocycles. The van der Waals surface area contributed by atoms with Crippen molar-refractivity contribution in [2.75, 3.05) is 0 Å². The minimum absolute atomic E-state index is 0.0761. The van der Waals surface area contributed by atoms with Gasteiger partial charge in [-0.05, 0) is 29.8 Å². The van der Waals surface area contributed by atoms with Gasteiger partial charge in [-0.15, -0.1) is 0 Å². The molecule has 1 amide bonds. The molecular weight excluding hydrogens is 337 g/mol. The fourth-order valence-electron chi connectivity index (χ4n) is 2.42. The molecule has 130 valence electrons. The Morgan fingerprint density at radius 2 is 1.88 bits per heavy atom. The van der Waals surface area contributed by atoms with Crippen LogP contribution in [0.25, 0.3) is 11.1 Å². The van der Waals surface area contributed by atoms with E-state index in [9.17, 15) is 22.8 Å². The first-order valence-corrected chi connectivity index (χ1v) is 7.36.